The molecule has 0 heterocycles. The van der Waals surface area contributed by atoms with Crippen LogP contribution in [0.3, 0.4) is 0 Å². The molecule has 0 radical (unpaired) electrons. The van der Waals surface area contributed by atoms with E-state index in [2.05, 4.69) is 21.3 Å². The van der Waals surface area contributed by atoms with Crippen molar-refractivity contribution in [3.05, 3.63) is 24.3 Å². The number of benzene rings is 1. The second kappa shape index (κ2) is 8.26. The van der Waals surface area contributed by atoms with Crippen molar-refractivity contribution in [3.8, 4) is 0 Å². The Morgan fingerprint density at radius 1 is 1.13 bits per heavy atom. The highest BCUT2D eigenvalue weighted by atomic mass is 16.6. The van der Waals surface area contributed by atoms with Crippen LogP contribution in [0.2, 0.25) is 0 Å². The standard InChI is InChI=1S/C16H26N4O3/c1-11(10-18-15(22)23-16(2,3)4)19-12-6-8-13(9-7-12)20-14(21)17-5/h6-9,11,19H,10H2,1-5H3,(H,18,22)(H2,17,20,21). The maximum Gasteiger partial charge on any atom is 0.407 e. The Kier molecular flexibility index (Phi) is 6.68. The van der Waals surface area contributed by atoms with Crippen LogP contribution in [0.5, 0.6) is 0 Å². The highest BCUT2D eigenvalue weighted by Crippen LogP contribution is 2.14. The monoisotopic (exact) mass is 322 g/mol. The first kappa shape index (κ1) is 18.6. The molecule has 23 heavy (non-hydrogen) atoms. The fourth-order valence-electron chi connectivity index (χ4n) is 1.73. The van der Waals surface area contributed by atoms with Gasteiger partial charge in [-0.25, -0.2) is 9.59 Å². The largest absolute Gasteiger partial charge is 0.444 e. The number of hydrogen-bond donors (Lipinski definition) is 4. The lowest BCUT2D eigenvalue weighted by Crippen LogP contribution is -2.38. The van der Waals surface area contributed by atoms with Crippen molar-refractivity contribution in [2.45, 2.75) is 39.3 Å². The zero-order chi connectivity index (χ0) is 17.5. The van der Waals surface area contributed by atoms with Crippen LogP contribution in [0.1, 0.15) is 27.7 Å². The normalized spacial score (nSPS) is 12.0. The lowest BCUT2D eigenvalue weighted by Gasteiger charge is -2.21. The lowest BCUT2D eigenvalue weighted by atomic mass is 10.2. The first-order valence-corrected chi connectivity index (χ1v) is 7.52. The van der Waals surface area contributed by atoms with Crippen molar-refractivity contribution in [1.82, 2.24) is 10.6 Å². The molecule has 1 aromatic rings. The van der Waals surface area contributed by atoms with Gasteiger partial charge in [-0.05, 0) is 52.0 Å². The van der Waals surface area contributed by atoms with Gasteiger partial charge in [0, 0.05) is 31.0 Å². The molecule has 0 fully saturated rings. The summed E-state index contributed by atoms with van der Waals surface area (Å²) in [6.45, 7) is 7.86. The third kappa shape index (κ3) is 7.94. The summed E-state index contributed by atoms with van der Waals surface area (Å²) in [5.74, 6) is 0. The van der Waals surface area contributed by atoms with Gasteiger partial charge in [0.25, 0.3) is 0 Å². The van der Waals surface area contributed by atoms with Gasteiger partial charge in [0.1, 0.15) is 5.60 Å². The molecule has 4 N–H and O–H groups in total. The van der Waals surface area contributed by atoms with Gasteiger partial charge in [-0.3, -0.25) is 0 Å². The third-order valence-corrected chi connectivity index (χ3v) is 2.73. The van der Waals surface area contributed by atoms with Crippen molar-refractivity contribution in [2.75, 3.05) is 24.2 Å². The van der Waals surface area contributed by atoms with E-state index in [1.54, 1.807) is 19.2 Å². The maximum absolute atomic E-state index is 11.6. The van der Waals surface area contributed by atoms with Crippen LogP contribution in [-0.2, 0) is 4.74 Å². The van der Waals surface area contributed by atoms with Crippen LogP contribution in [0.25, 0.3) is 0 Å². The van der Waals surface area contributed by atoms with Crippen LogP contribution in [-0.4, -0.2) is 37.4 Å². The second-order valence-corrected chi connectivity index (χ2v) is 6.21. The Morgan fingerprint density at radius 3 is 2.22 bits per heavy atom. The summed E-state index contributed by atoms with van der Waals surface area (Å²) in [4.78, 5) is 22.8. The van der Waals surface area contributed by atoms with E-state index < -0.39 is 11.7 Å². The number of ether oxygens (including phenoxy) is 1. The zero-order valence-electron chi connectivity index (χ0n) is 14.3. The van der Waals surface area contributed by atoms with E-state index in [4.69, 9.17) is 4.74 Å². The van der Waals surface area contributed by atoms with E-state index in [9.17, 15) is 9.59 Å². The van der Waals surface area contributed by atoms with Crippen LogP contribution in [0, 0.1) is 0 Å². The van der Waals surface area contributed by atoms with Gasteiger partial charge in [-0.1, -0.05) is 0 Å². The summed E-state index contributed by atoms with van der Waals surface area (Å²) in [5.41, 5.74) is 1.09. The van der Waals surface area contributed by atoms with Gasteiger partial charge in [-0.2, -0.15) is 0 Å². The molecule has 1 atom stereocenters. The second-order valence-electron chi connectivity index (χ2n) is 6.21. The fraction of sp³-hybridized carbons (Fsp3) is 0.500. The average Bonchev–Trinajstić information content (AvgIpc) is 2.45. The predicted molar refractivity (Wildman–Crippen MR) is 91.8 cm³/mol. The maximum atomic E-state index is 11.6. The van der Waals surface area contributed by atoms with Crippen LogP contribution in [0.4, 0.5) is 21.0 Å². The number of alkyl carbamates (subject to hydrolysis) is 1. The Labute approximate surface area is 137 Å². The zero-order valence-corrected chi connectivity index (χ0v) is 14.3. The van der Waals surface area contributed by atoms with E-state index in [1.807, 2.05) is 39.8 Å². The molecular formula is C16H26N4O3. The summed E-state index contributed by atoms with van der Waals surface area (Å²) in [6, 6.07) is 7.07. The van der Waals surface area contributed by atoms with E-state index >= 15 is 0 Å². The molecule has 1 unspecified atom stereocenters. The Hall–Kier alpha value is -2.44. The van der Waals surface area contributed by atoms with Gasteiger partial charge >= 0.3 is 12.1 Å². The number of hydrogen-bond acceptors (Lipinski definition) is 4. The molecule has 0 aliphatic rings. The topological polar surface area (TPSA) is 91.5 Å². The number of nitrogens with one attached hydrogen (secondary N) is 4. The van der Waals surface area contributed by atoms with Crippen LogP contribution < -0.4 is 21.3 Å². The van der Waals surface area contributed by atoms with Gasteiger partial charge in [0.2, 0.25) is 0 Å². The summed E-state index contributed by atoms with van der Waals surface area (Å²) in [6.07, 6.45) is -0.434. The number of carbonyl (C=O) groups excluding carboxylic acids is 2. The third-order valence-electron chi connectivity index (χ3n) is 2.73. The minimum Gasteiger partial charge on any atom is -0.444 e. The fourth-order valence-corrected chi connectivity index (χ4v) is 1.73. The Bertz CT molecular complexity index is 523. The van der Waals surface area contributed by atoms with E-state index in [0.717, 1.165) is 5.69 Å². The Morgan fingerprint density at radius 2 is 1.70 bits per heavy atom. The summed E-state index contributed by atoms with van der Waals surface area (Å²) in [7, 11) is 1.56. The van der Waals surface area contributed by atoms with E-state index in [0.29, 0.717) is 12.2 Å². The molecule has 7 heteroatoms. The molecule has 0 bridgehead atoms. The van der Waals surface area contributed by atoms with Crippen molar-refractivity contribution >= 4 is 23.5 Å². The van der Waals surface area contributed by atoms with Crippen molar-refractivity contribution in [1.29, 1.82) is 0 Å². The average molecular weight is 322 g/mol. The quantitative estimate of drug-likeness (QED) is 0.671. The predicted octanol–water partition coefficient (Wildman–Crippen LogP) is 2.76. The summed E-state index contributed by atoms with van der Waals surface area (Å²) >= 11 is 0. The number of carbonyl (C=O) groups is 2. The Balaban J connectivity index is 2.41. The van der Waals surface area contributed by atoms with Gasteiger partial charge in [0.05, 0.1) is 0 Å². The van der Waals surface area contributed by atoms with E-state index in [-0.39, 0.29) is 12.1 Å². The summed E-state index contributed by atoms with van der Waals surface area (Å²) < 4.78 is 5.18. The molecule has 0 spiro atoms. The number of urea groups is 1. The molecule has 1 aromatic carbocycles. The van der Waals surface area contributed by atoms with Gasteiger partial charge in [0.15, 0.2) is 0 Å². The van der Waals surface area contributed by atoms with Crippen molar-refractivity contribution in [2.24, 2.45) is 0 Å². The van der Waals surface area contributed by atoms with Gasteiger partial charge < -0.3 is 26.0 Å². The molecule has 0 saturated carbocycles. The first-order chi connectivity index (χ1) is 10.7. The molecule has 0 saturated heterocycles. The molecule has 0 aromatic heterocycles. The molecule has 0 aliphatic carbocycles. The van der Waals surface area contributed by atoms with Crippen molar-refractivity contribution < 1.29 is 14.3 Å². The van der Waals surface area contributed by atoms with Crippen LogP contribution in [0.15, 0.2) is 24.3 Å². The number of rotatable bonds is 5. The minimum atomic E-state index is -0.506. The number of amides is 3. The number of anilines is 2. The highest BCUT2D eigenvalue weighted by Gasteiger charge is 2.16. The molecular weight excluding hydrogens is 296 g/mol. The van der Waals surface area contributed by atoms with E-state index in [1.165, 1.54) is 0 Å². The van der Waals surface area contributed by atoms with Crippen LogP contribution >= 0.6 is 0 Å². The SMILES string of the molecule is CNC(=O)Nc1ccc(NC(C)CNC(=O)OC(C)(C)C)cc1. The van der Waals surface area contributed by atoms with Gasteiger partial charge in [-0.15, -0.1) is 0 Å². The minimum absolute atomic E-state index is 0.0280. The molecule has 3 amide bonds. The molecule has 1 rings (SSSR count). The first-order valence-electron chi connectivity index (χ1n) is 7.52. The smallest absolute Gasteiger partial charge is 0.407 e. The summed E-state index contributed by atoms with van der Waals surface area (Å²) in [5, 5.41) is 11.1. The molecule has 0 aliphatic heterocycles. The van der Waals surface area contributed by atoms with Crippen molar-refractivity contribution in [3.63, 3.8) is 0 Å². The lowest BCUT2D eigenvalue weighted by molar-refractivity contribution is 0.0526. The highest BCUT2D eigenvalue weighted by molar-refractivity contribution is 5.89. The molecule has 128 valence electrons. The molecule has 7 nitrogen and oxygen atoms in total.